The fourth-order valence-corrected chi connectivity index (χ4v) is 1.63. The van der Waals surface area contributed by atoms with Crippen molar-refractivity contribution in [3.63, 3.8) is 0 Å². The zero-order valence-electron chi connectivity index (χ0n) is 9.29. The van der Waals surface area contributed by atoms with Gasteiger partial charge in [-0.15, -0.1) is 0 Å². The number of ether oxygens (including phenoxy) is 1. The van der Waals surface area contributed by atoms with E-state index in [1.807, 2.05) is 6.07 Å². The number of nitrogens with two attached hydrogens (primary N) is 1. The minimum absolute atomic E-state index is 0.296. The van der Waals surface area contributed by atoms with Gasteiger partial charge in [-0.25, -0.2) is 4.39 Å². The average molecular weight is 211 g/mol. The van der Waals surface area contributed by atoms with Crippen LogP contribution in [-0.2, 0) is 6.42 Å². The lowest BCUT2D eigenvalue weighted by atomic mass is 9.98. The van der Waals surface area contributed by atoms with E-state index in [1.54, 1.807) is 6.07 Å². The van der Waals surface area contributed by atoms with Gasteiger partial charge in [0, 0.05) is 0 Å². The third kappa shape index (κ3) is 3.51. The van der Waals surface area contributed by atoms with E-state index in [-0.39, 0.29) is 5.82 Å². The minimum atomic E-state index is -0.296. The number of benzene rings is 1. The Morgan fingerprint density at radius 1 is 1.47 bits per heavy atom. The van der Waals surface area contributed by atoms with Crippen molar-refractivity contribution in [3.8, 4) is 5.75 Å². The molecular weight excluding hydrogens is 193 g/mol. The Morgan fingerprint density at radius 3 is 2.73 bits per heavy atom. The lowest BCUT2D eigenvalue weighted by Gasteiger charge is -2.10. The van der Waals surface area contributed by atoms with Crippen molar-refractivity contribution < 1.29 is 9.13 Å². The lowest BCUT2D eigenvalue weighted by Crippen LogP contribution is -2.08. The standard InChI is InChI=1S/C12H18FNO/c1-9(5-6-14)7-10-3-4-12(15-2)11(13)8-10/h3-4,8-9H,5-7,14H2,1-2H3. The highest BCUT2D eigenvalue weighted by Gasteiger charge is 2.06. The smallest absolute Gasteiger partial charge is 0.165 e. The molecule has 2 nitrogen and oxygen atoms in total. The van der Waals surface area contributed by atoms with Crippen LogP contribution >= 0.6 is 0 Å². The first-order valence-electron chi connectivity index (χ1n) is 5.20. The molecule has 1 rings (SSSR count). The van der Waals surface area contributed by atoms with E-state index in [0.717, 1.165) is 18.4 Å². The van der Waals surface area contributed by atoms with Crippen LogP contribution in [0.15, 0.2) is 18.2 Å². The van der Waals surface area contributed by atoms with E-state index < -0.39 is 0 Å². The van der Waals surface area contributed by atoms with Crippen LogP contribution in [-0.4, -0.2) is 13.7 Å². The summed E-state index contributed by atoms with van der Waals surface area (Å²) < 4.78 is 18.2. The van der Waals surface area contributed by atoms with E-state index in [9.17, 15) is 4.39 Å². The second kappa shape index (κ2) is 5.71. The highest BCUT2D eigenvalue weighted by atomic mass is 19.1. The zero-order chi connectivity index (χ0) is 11.3. The van der Waals surface area contributed by atoms with Gasteiger partial charge in [-0.05, 0) is 43.0 Å². The van der Waals surface area contributed by atoms with Crippen LogP contribution in [0.2, 0.25) is 0 Å². The van der Waals surface area contributed by atoms with E-state index in [0.29, 0.717) is 18.2 Å². The number of halogens is 1. The Kier molecular flexibility index (Phi) is 4.56. The van der Waals surface area contributed by atoms with Gasteiger partial charge in [-0.3, -0.25) is 0 Å². The molecule has 0 bridgehead atoms. The molecule has 0 fully saturated rings. The minimum Gasteiger partial charge on any atom is -0.494 e. The normalized spacial score (nSPS) is 12.5. The van der Waals surface area contributed by atoms with Gasteiger partial charge in [0.15, 0.2) is 11.6 Å². The highest BCUT2D eigenvalue weighted by molar-refractivity contribution is 5.29. The van der Waals surface area contributed by atoms with Gasteiger partial charge in [0.05, 0.1) is 7.11 Å². The summed E-state index contributed by atoms with van der Waals surface area (Å²) in [6.07, 6.45) is 1.83. The number of methoxy groups -OCH3 is 1. The average Bonchev–Trinajstić information content (AvgIpc) is 2.18. The van der Waals surface area contributed by atoms with Crippen molar-refractivity contribution in [2.75, 3.05) is 13.7 Å². The molecule has 1 aromatic carbocycles. The highest BCUT2D eigenvalue weighted by Crippen LogP contribution is 2.20. The van der Waals surface area contributed by atoms with E-state index in [2.05, 4.69) is 6.92 Å². The van der Waals surface area contributed by atoms with Crippen LogP contribution in [0.1, 0.15) is 18.9 Å². The molecule has 0 aliphatic rings. The topological polar surface area (TPSA) is 35.2 Å². The van der Waals surface area contributed by atoms with Crippen molar-refractivity contribution in [3.05, 3.63) is 29.6 Å². The first-order valence-corrected chi connectivity index (χ1v) is 5.20. The Bertz CT molecular complexity index is 314. The van der Waals surface area contributed by atoms with E-state index in [4.69, 9.17) is 10.5 Å². The molecule has 3 heteroatoms. The van der Waals surface area contributed by atoms with Crippen molar-refractivity contribution >= 4 is 0 Å². The van der Waals surface area contributed by atoms with Crippen molar-refractivity contribution in [2.24, 2.45) is 11.7 Å². The van der Waals surface area contributed by atoms with Gasteiger partial charge >= 0.3 is 0 Å². The summed E-state index contributed by atoms with van der Waals surface area (Å²) in [5.74, 6) is 0.489. The number of rotatable bonds is 5. The third-order valence-electron chi connectivity index (χ3n) is 2.46. The van der Waals surface area contributed by atoms with E-state index >= 15 is 0 Å². The lowest BCUT2D eigenvalue weighted by molar-refractivity contribution is 0.386. The van der Waals surface area contributed by atoms with E-state index in [1.165, 1.54) is 13.2 Å². The summed E-state index contributed by atoms with van der Waals surface area (Å²) in [6.45, 7) is 2.80. The molecule has 2 N–H and O–H groups in total. The molecule has 0 aliphatic carbocycles. The van der Waals surface area contributed by atoms with Gasteiger partial charge in [0.2, 0.25) is 0 Å². The maximum Gasteiger partial charge on any atom is 0.165 e. The second-order valence-electron chi connectivity index (χ2n) is 3.86. The zero-order valence-corrected chi connectivity index (χ0v) is 9.29. The van der Waals surface area contributed by atoms with Crippen molar-refractivity contribution in [1.29, 1.82) is 0 Å². The summed E-state index contributed by atoms with van der Waals surface area (Å²) in [5, 5.41) is 0. The first-order chi connectivity index (χ1) is 7.17. The predicted molar refractivity (Wildman–Crippen MR) is 59.5 cm³/mol. The van der Waals surface area contributed by atoms with Crippen molar-refractivity contribution in [1.82, 2.24) is 0 Å². The Balaban J connectivity index is 2.66. The van der Waals surface area contributed by atoms with Crippen LogP contribution < -0.4 is 10.5 Å². The second-order valence-corrected chi connectivity index (χ2v) is 3.86. The SMILES string of the molecule is COc1ccc(CC(C)CCN)cc1F. The van der Waals surface area contributed by atoms with Crippen LogP contribution in [0.4, 0.5) is 4.39 Å². The summed E-state index contributed by atoms with van der Waals surface area (Å²) in [5.41, 5.74) is 6.46. The Hall–Kier alpha value is -1.09. The fourth-order valence-electron chi connectivity index (χ4n) is 1.63. The molecule has 0 saturated heterocycles. The molecule has 1 unspecified atom stereocenters. The summed E-state index contributed by atoms with van der Waals surface area (Å²) >= 11 is 0. The summed E-state index contributed by atoms with van der Waals surface area (Å²) in [4.78, 5) is 0. The maximum atomic E-state index is 13.3. The van der Waals surface area contributed by atoms with Crippen molar-refractivity contribution in [2.45, 2.75) is 19.8 Å². The monoisotopic (exact) mass is 211 g/mol. The molecule has 0 aromatic heterocycles. The van der Waals surface area contributed by atoms with Gasteiger partial charge in [-0.1, -0.05) is 13.0 Å². The van der Waals surface area contributed by atoms with Gasteiger partial charge in [-0.2, -0.15) is 0 Å². The molecule has 0 saturated carbocycles. The molecule has 1 atom stereocenters. The largest absolute Gasteiger partial charge is 0.494 e. The van der Waals surface area contributed by atoms with Crippen LogP contribution in [0, 0.1) is 11.7 Å². The number of hydrogen-bond acceptors (Lipinski definition) is 2. The van der Waals surface area contributed by atoms with Gasteiger partial charge in [0.25, 0.3) is 0 Å². The van der Waals surface area contributed by atoms with Crippen LogP contribution in [0.25, 0.3) is 0 Å². The molecule has 0 aliphatic heterocycles. The number of hydrogen-bond donors (Lipinski definition) is 1. The van der Waals surface area contributed by atoms with Crippen LogP contribution in [0.3, 0.4) is 0 Å². The molecule has 15 heavy (non-hydrogen) atoms. The fraction of sp³-hybridized carbons (Fsp3) is 0.500. The molecule has 0 amide bonds. The quantitative estimate of drug-likeness (QED) is 0.811. The molecule has 0 heterocycles. The molecule has 84 valence electrons. The van der Waals surface area contributed by atoms with Gasteiger partial charge in [0.1, 0.15) is 0 Å². The summed E-state index contributed by atoms with van der Waals surface area (Å²) in [7, 11) is 1.47. The molecule has 0 radical (unpaired) electrons. The first kappa shape index (κ1) is 12.0. The Labute approximate surface area is 90.2 Å². The van der Waals surface area contributed by atoms with Crippen LogP contribution in [0.5, 0.6) is 5.75 Å². The third-order valence-corrected chi connectivity index (χ3v) is 2.46. The molecule has 0 spiro atoms. The predicted octanol–water partition coefficient (Wildman–Crippen LogP) is 2.36. The van der Waals surface area contributed by atoms with Gasteiger partial charge < -0.3 is 10.5 Å². The maximum absolute atomic E-state index is 13.3. The molecular formula is C12H18FNO. The summed E-state index contributed by atoms with van der Waals surface area (Å²) in [6, 6.07) is 5.10. The molecule has 1 aromatic rings. The Morgan fingerprint density at radius 2 is 2.20 bits per heavy atom.